The van der Waals surface area contributed by atoms with Crippen LogP contribution in [0.1, 0.15) is 12.5 Å². The molecule has 0 radical (unpaired) electrons. The first-order valence-corrected chi connectivity index (χ1v) is 6.81. The molecule has 0 aliphatic rings. The van der Waals surface area contributed by atoms with E-state index < -0.39 is 0 Å². The molecule has 0 fully saturated rings. The van der Waals surface area contributed by atoms with Gasteiger partial charge < -0.3 is 10.1 Å². The molecule has 2 amide bonds. The Labute approximate surface area is 124 Å². The van der Waals surface area contributed by atoms with E-state index in [9.17, 15) is 4.79 Å². The van der Waals surface area contributed by atoms with Crippen LogP contribution in [-0.4, -0.2) is 35.6 Å². The highest BCUT2D eigenvalue weighted by Gasteiger charge is 2.08. The zero-order valence-electron chi connectivity index (χ0n) is 12.2. The molecule has 2 aromatic rings. The summed E-state index contributed by atoms with van der Waals surface area (Å²) >= 11 is 0. The van der Waals surface area contributed by atoms with Crippen LogP contribution in [0.15, 0.2) is 42.6 Å². The fourth-order valence-electron chi connectivity index (χ4n) is 1.95. The van der Waals surface area contributed by atoms with Crippen molar-refractivity contribution in [2.75, 3.05) is 19.0 Å². The Morgan fingerprint density at radius 2 is 2.10 bits per heavy atom. The second kappa shape index (κ2) is 7.44. The summed E-state index contributed by atoms with van der Waals surface area (Å²) < 4.78 is 6.74. The summed E-state index contributed by atoms with van der Waals surface area (Å²) in [6.07, 6.45) is 1.83. The van der Waals surface area contributed by atoms with Crippen LogP contribution in [-0.2, 0) is 11.3 Å². The minimum absolute atomic E-state index is 0.0543. The van der Waals surface area contributed by atoms with Crippen molar-refractivity contribution in [2.24, 2.45) is 0 Å². The molecule has 6 heteroatoms. The summed E-state index contributed by atoms with van der Waals surface area (Å²) in [7, 11) is 1.60. The number of aromatic nitrogens is 2. The van der Waals surface area contributed by atoms with Crippen LogP contribution in [0, 0.1) is 0 Å². The van der Waals surface area contributed by atoms with Crippen molar-refractivity contribution >= 4 is 11.8 Å². The van der Waals surface area contributed by atoms with E-state index in [-0.39, 0.29) is 12.1 Å². The number of benzene rings is 1. The van der Waals surface area contributed by atoms with Crippen LogP contribution in [0.4, 0.5) is 10.6 Å². The van der Waals surface area contributed by atoms with Crippen LogP contribution >= 0.6 is 0 Å². The van der Waals surface area contributed by atoms with Gasteiger partial charge in [-0.05, 0) is 12.5 Å². The number of hydrogen-bond acceptors (Lipinski definition) is 3. The number of rotatable bonds is 6. The molecule has 1 aromatic heterocycles. The number of methoxy groups -OCH3 is 1. The number of nitrogens with one attached hydrogen (secondary N) is 2. The van der Waals surface area contributed by atoms with Gasteiger partial charge in [-0.3, -0.25) is 10.00 Å². The summed E-state index contributed by atoms with van der Waals surface area (Å²) in [5, 5.41) is 9.78. The quantitative estimate of drug-likeness (QED) is 0.855. The smallest absolute Gasteiger partial charge is 0.320 e. The van der Waals surface area contributed by atoms with Gasteiger partial charge in [0.25, 0.3) is 0 Å². The van der Waals surface area contributed by atoms with Crippen molar-refractivity contribution < 1.29 is 9.53 Å². The molecule has 0 bridgehead atoms. The number of nitrogens with zero attached hydrogens (tertiary/aromatic N) is 2. The molecule has 0 spiro atoms. The van der Waals surface area contributed by atoms with Gasteiger partial charge in [-0.25, -0.2) is 4.79 Å². The van der Waals surface area contributed by atoms with E-state index >= 15 is 0 Å². The third-order valence-electron chi connectivity index (χ3n) is 2.86. The van der Waals surface area contributed by atoms with E-state index in [1.165, 1.54) is 0 Å². The first-order valence-electron chi connectivity index (χ1n) is 6.81. The zero-order valence-corrected chi connectivity index (χ0v) is 12.2. The summed E-state index contributed by atoms with van der Waals surface area (Å²) in [5.41, 5.74) is 1.16. The molecule has 0 aliphatic carbocycles. The Kier molecular flexibility index (Phi) is 5.34. The van der Waals surface area contributed by atoms with Crippen LogP contribution < -0.4 is 10.6 Å². The number of amides is 2. The van der Waals surface area contributed by atoms with Gasteiger partial charge in [-0.15, -0.1) is 0 Å². The number of ether oxygens (including phenoxy) is 1. The van der Waals surface area contributed by atoms with E-state index in [1.54, 1.807) is 17.9 Å². The van der Waals surface area contributed by atoms with Gasteiger partial charge in [0.2, 0.25) is 0 Å². The van der Waals surface area contributed by atoms with E-state index in [0.29, 0.717) is 19.0 Å². The van der Waals surface area contributed by atoms with Gasteiger partial charge in [0.1, 0.15) is 0 Å². The van der Waals surface area contributed by atoms with E-state index in [4.69, 9.17) is 4.74 Å². The summed E-state index contributed by atoms with van der Waals surface area (Å²) in [6.45, 7) is 3.01. The lowest BCUT2D eigenvalue weighted by Crippen LogP contribution is -2.38. The molecule has 1 heterocycles. The highest BCUT2D eigenvalue weighted by Crippen LogP contribution is 2.06. The van der Waals surface area contributed by atoms with Gasteiger partial charge in [0, 0.05) is 19.4 Å². The average Bonchev–Trinajstić information content (AvgIpc) is 2.87. The highest BCUT2D eigenvalue weighted by molar-refractivity contribution is 5.88. The number of carbonyl (C=O) groups is 1. The van der Waals surface area contributed by atoms with Gasteiger partial charge in [0.15, 0.2) is 5.82 Å². The van der Waals surface area contributed by atoms with Crippen molar-refractivity contribution in [1.82, 2.24) is 15.1 Å². The summed E-state index contributed by atoms with van der Waals surface area (Å²) in [6, 6.07) is 11.5. The molecule has 6 nitrogen and oxygen atoms in total. The van der Waals surface area contributed by atoms with E-state index in [1.807, 2.05) is 43.5 Å². The van der Waals surface area contributed by atoms with Crippen molar-refractivity contribution in [3.05, 3.63) is 48.2 Å². The second-order valence-corrected chi connectivity index (χ2v) is 4.84. The van der Waals surface area contributed by atoms with Gasteiger partial charge in [-0.2, -0.15) is 5.10 Å². The first kappa shape index (κ1) is 15.1. The minimum Gasteiger partial charge on any atom is -0.383 e. The van der Waals surface area contributed by atoms with Crippen LogP contribution in [0.3, 0.4) is 0 Å². The Bertz CT molecular complexity index is 568. The normalized spacial score (nSPS) is 11.9. The summed E-state index contributed by atoms with van der Waals surface area (Å²) in [4.78, 5) is 11.7. The topological polar surface area (TPSA) is 68.2 Å². The van der Waals surface area contributed by atoms with Crippen LogP contribution in [0.2, 0.25) is 0 Å². The molecule has 0 aliphatic heterocycles. The lowest BCUT2D eigenvalue weighted by atomic mass is 10.2. The summed E-state index contributed by atoms with van der Waals surface area (Å²) in [5.74, 6) is 0.521. The SMILES string of the molecule is COCC(C)NC(=O)Nc1ccn(Cc2ccccc2)n1. The lowest BCUT2D eigenvalue weighted by Gasteiger charge is -2.12. The molecule has 0 saturated carbocycles. The molecule has 0 saturated heterocycles. The third kappa shape index (κ3) is 4.92. The van der Waals surface area contributed by atoms with E-state index in [2.05, 4.69) is 15.7 Å². The Balaban J connectivity index is 1.87. The van der Waals surface area contributed by atoms with Crippen LogP contribution in [0.25, 0.3) is 0 Å². The number of carbonyl (C=O) groups excluding carboxylic acids is 1. The fourth-order valence-corrected chi connectivity index (χ4v) is 1.95. The number of urea groups is 1. The lowest BCUT2D eigenvalue weighted by molar-refractivity contribution is 0.173. The third-order valence-corrected chi connectivity index (χ3v) is 2.86. The molecular weight excluding hydrogens is 268 g/mol. The molecule has 2 N–H and O–H groups in total. The largest absolute Gasteiger partial charge is 0.383 e. The Morgan fingerprint density at radius 1 is 1.33 bits per heavy atom. The maximum absolute atomic E-state index is 11.7. The molecule has 112 valence electrons. The first-order chi connectivity index (χ1) is 10.2. The average molecular weight is 288 g/mol. The zero-order chi connectivity index (χ0) is 15.1. The molecule has 1 aromatic carbocycles. The van der Waals surface area contributed by atoms with Crippen molar-refractivity contribution in [3.63, 3.8) is 0 Å². The van der Waals surface area contributed by atoms with Crippen molar-refractivity contribution in [2.45, 2.75) is 19.5 Å². The van der Waals surface area contributed by atoms with Crippen molar-refractivity contribution in [3.8, 4) is 0 Å². The van der Waals surface area contributed by atoms with E-state index in [0.717, 1.165) is 5.56 Å². The molecule has 21 heavy (non-hydrogen) atoms. The predicted molar refractivity (Wildman–Crippen MR) is 81.3 cm³/mol. The Morgan fingerprint density at radius 3 is 2.81 bits per heavy atom. The predicted octanol–water partition coefficient (Wildman–Crippen LogP) is 2.09. The highest BCUT2D eigenvalue weighted by atomic mass is 16.5. The number of anilines is 1. The molecule has 1 unspecified atom stereocenters. The van der Waals surface area contributed by atoms with Gasteiger partial charge in [0.05, 0.1) is 19.2 Å². The molecule has 1 atom stereocenters. The molecular formula is C15H20N4O2. The van der Waals surface area contributed by atoms with Crippen molar-refractivity contribution in [1.29, 1.82) is 0 Å². The van der Waals surface area contributed by atoms with Crippen LogP contribution in [0.5, 0.6) is 0 Å². The van der Waals surface area contributed by atoms with Gasteiger partial charge in [-0.1, -0.05) is 30.3 Å². The minimum atomic E-state index is -0.287. The fraction of sp³-hybridized carbons (Fsp3) is 0.333. The Hall–Kier alpha value is -2.34. The molecule has 2 rings (SSSR count). The standard InChI is InChI=1S/C15H20N4O2/c1-12(11-21-2)16-15(20)17-14-8-9-19(18-14)10-13-6-4-3-5-7-13/h3-9,12H,10-11H2,1-2H3,(H2,16,17,18,20). The monoisotopic (exact) mass is 288 g/mol. The number of hydrogen-bond donors (Lipinski definition) is 2. The second-order valence-electron chi connectivity index (χ2n) is 4.84. The maximum atomic E-state index is 11.7. The maximum Gasteiger partial charge on any atom is 0.320 e. The van der Waals surface area contributed by atoms with Gasteiger partial charge >= 0.3 is 6.03 Å².